The summed E-state index contributed by atoms with van der Waals surface area (Å²) in [5.74, 6) is 0.0577. The molecule has 0 aliphatic carbocycles. The minimum Gasteiger partial charge on any atom is -0.337 e. The SMILES string of the molecule is CCn1nccc1C(=O)N1CCC2(CC1)C(=O)N(C)C(=O)N2CC(C)C. The molecule has 2 aliphatic rings. The molecule has 0 unspecified atom stereocenters. The van der Waals surface area contributed by atoms with Gasteiger partial charge in [-0.25, -0.2) is 4.79 Å². The molecule has 4 amide bonds. The number of imide groups is 1. The molecule has 142 valence electrons. The predicted octanol–water partition coefficient (Wildman–Crippen LogP) is 1.43. The number of piperidine rings is 1. The fourth-order valence-corrected chi connectivity index (χ4v) is 3.99. The lowest BCUT2D eigenvalue weighted by atomic mass is 9.85. The molecule has 1 aromatic heterocycles. The van der Waals surface area contributed by atoms with Gasteiger partial charge in [0.15, 0.2) is 0 Å². The average Bonchev–Trinajstić information content (AvgIpc) is 3.17. The number of rotatable bonds is 4. The van der Waals surface area contributed by atoms with E-state index in [-0.39, 0.29) is 23.8 Å². The van der Waals surface area contributed by atoms with E-state index in [9.17, 15) is 14.4 Å². The van der Waals surface area contributed by atoms with Crippen LogP contribution in [0.4, 0.5) is 4.79 Å². The van der Waals surface area contributed by atoms with Gasteiger partial charge in [0.2, 0.25) is 0 Å². The van der Waals surface area contributed by atoms with Crippen LogP contribution in [0, 0.1) is 5.92 Å². The van der Waals surface area contributed by atoms with E-state index in [2.05, 4.69) is 5.10 Å². The Bertz CT molecular complexity index is 718. The van der Waals surface area contributed by atoms with Crippen molar-refractivity contribution >= 4 is 17.8 Å². The summed E-state index contributed by atoms with van der Waals surface area (Å²) in [6.45, 7) is 8.10. The van der Waals surface area contributed by atoms with E-state index >= 15 is 0 Å². The van der Waals surface area contributed by atoms with E-state index in [1.807, 2.05) is 20.8 Å². The molecule has 3 rings (SSSR count). The van der Waals surface area contributed by atoms with E-state index in [4.69, 9.17) is 0 Å². The number of urea groups is 1. The minimum atomic E-state index is -0.808. The van der Waals surface area contributed by atoms with Crippen LogP contribution in [0.25, 0.3) is 0 Å². The molecule has 8 nitrogen and oxygen atoms in total. The van der Waals surface area contributed by atoms with Crippen LogP contribution < -0.4 is 0 Å². The van der Waals surface area contributed by atoms with Gasteiger partial charge in [0.25, 0.3) is 11.8 Å². The van der Waals surface area contributed by atoms with Gasteiger partial charge < -0.3 is 9.80 Å². The fraction of sp³-hybridized carbons (Fsp3) is 0.667. The normalized spacial score (nSPS) is 20.0. The Kier molecular flexibility index (Phi) is 4.77. The van der Waals surface area contributed by atoms with Crippen molar-refractivity contribution in [3.05, 3.63) is 18.0 Å². The van der Waals surface area contributed by atoms with Gasteiger partial charge in [-0.2, -0.15) is 5.10 Å². The molecule has 0 saturated carbocycles. The molecule has 8 heteroatoms. The molecule has 26 heavy (non-hydrogen) atoms. The zero-order valence-electron chi connectivity index (χ0n) is 15.9. The quantitative estimate of drug-likeness (QED) is 0.760. The van der Waals surface area contributed by atoms with E-state index < -0.39 is 5.54 Å². The minimum absolute atomic E-state index is 0.0697. The molecule has 2 aliphatic heterocycles. The lowest BCUT2D eigenvalue weighted by molar-refractivity contribution is -0.134. The summed E-state index contributed by atoms with van der Waals surface area (Å²) in [6.07, 6.45) is 2.57. The predicted molar refractivity (Wildman–Crippen MR) is 95.5 cm³/mol. The third-order valence-corrected chi connectivity index (χ3v) is 5.40. The summed E-state index contributed by atoms with van der Waals surface area (Å²) in [6, 6.07) is 1.49. The van der Waals surface area contributed by atoms with Gasteiger partial charge >= 0.3 is 6.03 Å². The maximum Gasteiger partial charge on any atom is 0.327 e. The average molecular weight is 361 g/mol. The largest absolute Gasteiger partial charge is 0.337 e. The van der Waals surface area contributed by atoms with E-state index in [0.29, 0.717) is 44.7 Å². The van der Waals surface area contributed by atoms with Crippen molar-refractivity contribution in [3.63, 3.8) is 0 Å². The number of carbonyl (C=O) groups excluding carboxylic acids is 3. The molecule has 2 fully saturated rings. The lowest BCUT2D eigenvalue weighted by Crippen LogP contribution is -2.58. The Balaban J connectivity index is 1.78. The van der Waals surface area contributed by atoms with Crippen molar-refractivity contribution < 1.29 is 14.4 Å². The van der Waals surface area contributed by atoms with Gasteiger partial charge in [0.05, 0.1) is 0 Å². The molecule has 2 saturated heterocycles. The number of likely N-dealkylation sites (tertiary alicyclic amines) is 1. The van der Waals surface area contributed by atoms with Gasteiger partial charge in [-0.3, -0.25) is 19.2 Å². The highest BCUT2D eigenvalue weighted by molar-refractivity contribution is 6.07. The number of carbonyl (C=O) groups is 3. The highest BCUT2D eigenvalue weighted by Crippen LogP contribution is 2.37. The lowest BCUT2D eigenvalue weighted by Gasteiger charge is -2.42. The van der Waals surface area contributed by atoms with Crippen LogP contribution in [0.3, 0.4) is 0 Å². The summed E-state index contributed by atoms with van der Waals surface area (Å²) in [5, 5.41) is 4.15. The van der Waals surface area contributed by atoms with Crippen LogP contribution in [-0.4, -0.2) is 74.5 Å². The maximum atomic E-state index is 12.8. The van der Waals surface area contributed by atoms with Crippen LogP contribution in [0.1, 0.15) is 44.1 Å². The van der Waals surface area contributed by atoms with Crippen LogP contribution in [0.2, 0.25) is 0 Å². The summed E-state index contributed by atoms with van der Waals surface area (Å²) < 4.78 is 1.68. The molecule has 0 radical (unpaired) electrons. The van der Waals surface area contributed by atoms with E-state index in [1.54, 1.807) is 33.8 Å². The number of aryl methyl sites for hydroxylation is 1. The van der Waals surface area contributed by atoms with E-state index in [1.165, 1.54) is 4.90 Å². The number of hydrogen-bond donors (Lipinski definition) is 0. The van der Waals surface area contributed by atoms with Crippen molar-refractivity contribution in [1.82, 2.24) is 24.5 Å². The Morgan fingerprint density at radius 1 is 1.27 bits per heavy atom. The Morgan fingerprint density at radius 2 is 1.92 bits per heavy atom. The Labute approximate surface area is 153 Å². The number of likely N-dealkylation sites (N-methyl/N-ethyl adjacent to an activating group) is 1. The van der Waals surface area contributed by atoms with Gasteiger partial charge in [-0.05, 0) is 31.7 Å². The molecule has 0 aromatic carbocycles. The molecular weight excluding hydrogens is 334 g/mol. The first-order valence-electron chi connectivity index (χ1n) is 9.22. The summed E-state index contributed by atoms with van der Waals surface area (Å²) in [7, 11) is 1.55. The third-order valence-electron chi connectivity index (χ3n) is 5.40. The smallest absolute Gasteiger partial charge is 0.327 e. The van der Waals surface area contributed by atoms with Crippen LogP contribution in [0.5, 0.6) is 0 Å². The first-order chi connectivity index (χ1) is 12.3. The van der Waals surface area contributed by atoms with Gasteiger partial charge in [0.1, 0.15) is 11.2 Å². The maximum absolute atomic E-state index is 12.8. The molecule has 3 heterocycles. The third kappa shape index (κ3) is 2.77. The van der Waals surface area contributed by atoms with Crippen molar-refractivity contribution in [2.24, 2.45) is 5.92 Å². The molecule has 0 atom stereocenters. The number of aromatic nitrogens is 2. The van der Waals surface area contributed by atoms with Crippen molar-refractivity contribution in [2.75, 3.05) is 26.7 Å². The standard InChI is InChI=1S/C18H27N5O3/c1-5-23-14(6-9-19-23)15(24)21-10-7-18(8-11-21)16(25)20(4)17(26)22(18)12-13(2)3/h6,9,13H,5,7-8,10-12H2,1-4H3. The topological polar surface area (TPSA) is 78.8 Å². The first-order valence-corrected chi connectivity index (χ1v) is 9.22. The summed E-state index contributed by atoms with van der Waals surface area (Å²) >= 11 is 0. The molecule has 0 N–H and O–H groups in total. The zero-order valence-corrected chi connectivity index (χ0v) is 15.9. The van der Waals surface area contributed by atoms with Crippen LogP contribution >= 0.6 is 0 Å². The monoisotopic (exact) mass is 361 g/mol. The van der Waals surface area contributed by atoms with Gasteiger partial charge in [-0.1, -0.05) is 13.8 Å². The van der Waals surface area contributed by atoms with E-state index in [0.717, 1.165) is 0 Å². The number of amides is 4. The highest BCUT2D eigenvalue weighted by Gasteiger charge is 2.57. The molecule has 1 spiro atoms. The second-order valence-electron chi connectivity index (χ2n) is 7.51. The van der Waals surface area contributed by atoms with Crippen LogP contribution in [0.15, 0.2) is 12.3 Å². The highest BCUT2D eigenvalue weighted by atomic mass is 16.2. The van der Waals surface area contributed by atoms with Crippen LogP contribution in [-0.2, 0) is 11.3 Å². The Hall–Kier alpha value is -2.38. The number of hydrogen-bond acceptors (Lipinski definition) is 4. The van der Waals surface area contributed by atoms with Gasteiger partial charge in [0, 0.05) is 39.4 Å². The number of nitrogens with zero attached hydrogens (tertiary/aromatic N) is 5. The van der Waals surface area contributed by atoms with Gasteiger partial charge in [-0.15, -0.1) is 0 Å². The van der Waals surface area contributed by atoms with Crippen molar-refractivity contribution in [3.8, 4) is 0 Å². The molecular formula is C18H27N5O3. The first kappa shape index (κ1) is 18.4. The van der Waals surface area contributed by atoms with Crippen molar-refractivity contribution in [1.29, 1.82) is 0 Å². The fourth-order valence-electron chi connectivity index (χ4n) is 3.99. The summed E-state index contributed by atoms with van der Waals surface area (Å²) in [4.78, 5) is 42.9. The molecule has 1 aromatic rings. The second kappa shape index (κ2) is 6.74. The zero-order chi connectivity index (χ0) is 19.1. The summed E-state index contributed by atoms with van der Waals surface area (Å²) in [5.41, 5.74) is -0.244. The second-order valence-corrected chi connectivity index (χ2v) is 7.51. The molecule has 0 bridgehead atoms. The Morgan fingerprint density at radius 3 is 2.50 bits per heavy atom. The van der Waals surface area contributed by atoms with Crippen molar-refractivity contribution in [2.45, 2.75) is 45.7 Å².